The van der Waals surface area contributed by atoms with E-state index in [2.05, 4.69) is 10.4 Å². The molecule has 21 heavy (non-hydrogen) atoms. The van der Waals surface area contributed by atoms with Crippen molar-refractivity contribution in [1.82, 2.24) is 9.78 Å². The topological polar surface area (TPSA) is 56.1 Å². The minimum Gasteiger partial charge on any atom is -0.378 e. The van der Waals surface area contributed by atoms with Gasteiger partial charge in [0.1, 0.15) is 0 Å². The van der Waals surface area contributed by atoms with Crippen LogP contribution < -0.4 is 5.32 Å². The number of rotatable bonds is 4. The monoisotopic (exact) mass is 305 g/mol. The Bertz CT molecular complexity index is 635. The first-order valence-electron chi connectivity index (χ1n) is 6.93. The Morgan fingerprint density at radius 2 is 2.33 bits per heavy atom. The van der Waals surface area contributed by atoms with Gasteiger partial charge < -0.3 is 10.1 Å². The van der Waals surface area contributed by atoms with E-state index in [1.54, 1.807) is 23.1 Å². The minimum atomic E-state index is -0.0550. The lowest BCUT2D eigenvalue weighted by Crippen LogP contribution is -2.18. The van der Waals surface area contributed by atoms with Crippen LogP contribution in [0.3, 0.4) is 0 Å². The van der Waals surface area contributed by atoms with Crippen LogP contribution in [-0.4, -0.2) is 28.4 Å². The summed E-state index contributed by atoms with van der Waals surface area (Å²) in [6, 6.07) is 7.42. The third kappa shape index (κ3) is 3.43. The average molecular weight is 306 g/mol. The molecule has 0 unspecified atom stereocenters. The van der Waals surface area contributed by atoms with Gasteiger partial charge in [-0.25, -0.2) is 4.68 Å². The van der Waals surface area contributed by atoms with E-state index in [-0.39, 0.29) is 12.0 Å². The number of halogens is 1. The van der Waals surface area contributed by atoms with Crippen molar-refractivity contribution in [2.24, 2.45) is 0 Å². The maximum Gasteiger partial charge on any atom is 0.227 e. The van der Waals surface area contributed by atoms with Crippen LogP contribution in [-0.2, 0) is 9.53 Å². The van der Waals surface area contributed by atoms with Crippen LogP contribution in [0.5, 0.6) is 0 Å². The van der Waals surface area contributed by atoms with Gasteiger partial charge in [0.15, 0.2) is 0 Å². The SMILES string of the molecule is O=C(C[C@@H]1CCCO1)Nc1cnn(-c2ccccc2Cl)c1. The van der Waals surface area contributed by atoms with Crippen molar-refractivity contribution in [2.45, 2.75) is 25.4 Å². The molecule has 1 aromatic heterocycles. The Labute approximate surface area is 127 Å². The number of carbonyl (C=O) groups excluding carboxylic acids is 1. The molecule has 1 aliphatic heterocycles. The molecule has 1 fully saturated rings. The summed E-state index contributed by atoms with van der Waals surface area (Å²) in [4.78, 5) is 11.9. The standard InChI is InChI=1S/C15H16ClN3O2/c16-13-5-1-2-6-14(13)19-10-11(9-17-19)18-15(20)8-12-4-3-7-21-12/h1-2,5-6,9-10,12H,3-4,7-8H2,(H,18,20)/t12-/m0/s1. The normalized spacial score (nSPS) is 17.9. The average Bonchev–Trinajstić information content (AvgIpc) is 3.11. The van der Waals surface area contributed by atoms with Gasteiger partial charge in [-0.1, -0.05) is 23.7 Å². The number of anilines is 1. The first kappa shape index (κ1) is 14.1. The minimum absolute atomic E-state index is 0.0450. The van der Waals surface area contributed by atoms with E-state index in [0.717, 1.165) is 25.1 Å². The highest BCUT2D eigenvalue weighted by Gasteiger charge is 2.19. The van der Waals surface area contributed by atoms with Crippen molar-refractivity contribution in [3.63, 3.8) is 0 Å². The smallest absolute Gasteiger partial charge is 0.227 e. The molecule has 0 radical (unpaired) electrons. The Morgan fingerprint density at radius 1 is 1.48 bits per heavy atom. The fraction of sp³-hybridized carbons (Fsp3) is 0.333. The quantitative estimate of drug-likeness (QED) is 0.944. The summed E-state index contributed by atoms with van der Waals surface area (Å²) in [7, 11) is 0. The van der Waals surface area contributed by atoms with E-state index in [0.29, 0.717) is 17.1 Å². The number of carbonyl (C=O) groups is 1. The number of aromatic nitrogens is 2. The molecular weight excluding hydrogens is 290 g/mol. The van der Waals surface area contributed by atoms with Gasteiger partial charge in [0, 0.05) is 6.61 Å². The number of benzene rings is 1. The molecule has 1 N–H and O–H groups in total. The second-order valence-corrected chi connectivity index (χ2v) is 5.42. The number of ether oxygens (including phenoxy) is 1. The van der Waals surface area contributed by atoms with Gasteiger partial charge in [-0.3, -0.25) is 4.79 Å². The van der Waals surface area contributed by atoms with Crippen molar-refractivity contribution in [2.75, 3.05) is 11.9 Å². The molecule has 110 valence electrons. The molecule has 1 saturated heterocycles. The van der Waals surface area contributed by atoms with Crippen LogP contribution in [0.25, 0.3) is 5.69 Å². The third-order valence-corrected chi connectivity index (χ3v) is 3.72. The highest BCUT2D eigenvalue weighted by Crippen LogP contribution is 2.21. The van der Waals surface area contributed by atoms with E-state index in [4.69, 9.17) is 16.3 Å². The Balaban J connectivity index is 1.65. The van der Waals surface area contributed by atoms with Crippen molar-refractivity contribution in [3.05, 3.63) is 41.7 Å². The zero-order chi connectivity index (χ0) is 14.7. The molecule has 0 saturated carbocycles. The zero-order valence-corrected chi connectivity index (χ0v) is 12.2. The maximum absolute atomic E-state index is 11.9. The van der Waals surface area contributed by atoms with E-state index in [1.165, 1.54) is 0 Å². The zero-order valence-electron chi connectivity index (χ0n) is 11.5. The van der Waals surface area contributed by atoms with Crippen LogP contribution in [0.15, 0.2) is 36.7 Å². The fourth-order valence-corrected chi connectivity index (χ4v) is 2.60. The third-order valence-electron chi connectivity index (χ3n) is 3.40. The molecule has 0 spiro atoms. The molecule has 1 aliphatic rings. The predicted octanol–water partition coefficient (Wildman–Crippen LogP) is 3.03. The lowest BCUT2D eigenvalue weighted by atomic mass is 10.2. The van der Waals surface area contributed by atoms with E-state index < -0.39 is 0 Å². The summed E-state index contributed by atoms with van der Waals surface area (Å²) in [5, 5.41) is 7.66. The van der Waals surface area contributed by atoms with Gasteiger partial charge >= 0.3 is 0 Å². The van der Waals surface area contributed by atoms with Gasteiger partial charge in [0.2, 0.25) is 5.91 Å². The largest absolute Gasteiger partial charge is 0.378 e. The van der Waals surface area contributed by atoms with Crippen LogP contribution in [0.2, 0.25) is 5.02 Å². The molecule has 1 atom stereocenters. The van der Waals surface area contributed by atoms with Gasteiger partial charge in [-0.15, -0.1) is 0 Å². The summed E-state index contributed by atoms with van der Waals surface area (Å²) in [6.45, 7) is 0.752. The molecule has 1 aromatic carbocycles. The van der Waals surface area contributed by atoms with Crippen molar-refractivity contribution in [3.8, 4) is 5.69 Å². The lowest BCUT2D eigenvalue weighted by Gasteiger charge is -2.08. The molecule has 0 bridgehead atoms. The van der Waals surface area contributed by atoms with Crippen LogP contribution in [0, 0.1) is 0 Å². The maximum atomic E-state index is 11.9. The van der Waals surface area contributed by atoms with Crippen molar-refractivity contribution >= 4 is 23.2 Å². The Hall–Kier alpha value is -1.85. The summed E-state index contributed by atoms with van der Waals surface area (Å²) in [6.07, 6.45) is 5.76. The van der Waals surface area contributed by atoms with Gasteiger partial charge in [-0.05, 0) is 25.0 Å². The molecule has 5 nitrogen and oxygen atoms in total. The Morgan fingerprint density at radius 3 is 3.10 bits per heavy atom. The van der Waals surface area contributed by atoms with Crippen LogP contribution in [0.4, 0.5) is 5.69 Å². The fourth-order valence-electron chi connectivity index (χ4n) is 2.38. The summed E-state index contributed by atoms with van der Waals surface area (Å²) < 4.78 is 7.10. The molecule has 0 aliphatic carbocycles. The van der Waals surface area contributed by atoms with E-state index in [9.17, 15) is 4.79 Å². The number of para-hydroxylation sites is 1. The van der Waals surface area contributed by atoms with Gasteiger partial charge in [0.05, 0.1) is 41.3 Å². The first-order chi connectivity index (χ1) is 10.2. The molecule has 3 rings (SSSR count). The van der Waals surface area contributed by atoms with Gasteiger partial charge in [0.25, 0.3) is 0 Å². The summed E-state index contributed by atoms with van der Waals surface area (Å²) in [5.41, 5.74) is 1.43. The molecule has 1 amide bonds. The first-order valence-corrected chi connectivity index (χ1v) is 7.31. The Kier molecular flexibility index (Phi) is 4.22. The molecule has 6 heteroatoms. The highest BCUT2D eigenvalue weighted by atomic mass is 35.5. The second-order valence-electron chi connectivity index (χ2n) is 5.01. The van der Waals surface area contributed by atoms with Crippen LogP contribution >= 0.6 is 11.6 Å². The summed E-state index contributed by atoms with van der Waals surface area (Å²) in [5.74, 6) is -0.0550. The predicted molar refractivity (Wildman–Crippen MR) is 80.8 cm³/mol. The van der Waals surface area contributed by atoms with Gasteiger partial charge in [-0.2, -0.15) is 5.10 Å². The highest BCUT2D eigenvalue weighted by molar-refractivity contribution is 6.32. The van der Waals surface area contributed by atoms with Crippen LogP contribution in [0.1, 0.15) is 19.3 Å². The number of hydrogen-bond donors (Lipinski definition) is 1. The second kappa shape index (κ2) is 6.28. The van der Waals surface area contributed by atoms with E-state index >= 15 is 0 Å². The number of nitrogens with one attached hydrogen (secondary N) is 1. The van der Waals surface area contributed by atoms with Crippen molar-refractivity contribution in [1.29, 1.82) is 0 Å². The summed E-state index contributed by atoms with van der Waals surface area (Å²) >= 11 is 6.12. The van der Waals surface area contributed by atoms with Crippen molar-refractivity contribution < 1.29 is 9.53 Å². The number of hydrogen-bond acceptors (Lipinski definition) is 3. The number of amides is 1. The lowest BCUT2D eigenvalue weighted by molar-refractivity contribution is -0.118. The molecule has 2 aromatic rings. The molecule has 2 heterocycles. The molecular formula is C15H16ClN3O2. The van der Waals surface area contributed by atoms with E-state index in [1.807, 2.05) is 18.2 Å². The number of nitrogens with zero attached hydrogens (tertiary/aromatic N) is 2.